The highest BCUT2D eigenvalue weighted by Crippen LogP contribution is 2.12. The van der Waals surface area contributed by atoms with Crippen LogP contribution in [0.15, 0.2) is 12.2 Å². The van der Waals surface area contributed by atoms with Crippen LogP contribution < -0.4 is 5.32 Å². The molecule has 2 amide bonds. The van der Waals surface area contributed by atoms with Crippen LogP contribution in [0.1, 0.15) is 13.8 Å². The van der Waals surface area contributed by atoms with Crippen LogP contribution in [0.4, 0.5) is 18.0 Å². The van der Waals surface area contributed by atoms with E-state index in [0.717, 1.165) is 5.57 Å². The summed E-state index contributed by atoms with van der Waals surface area (Å²) in [6.07, 6.45) is -4.38. The van der Waals surface area contributed by atoms with E-state index in [0.29, 0.717) is 6.54 Å². The molecule has 0 fully saturated rings. The molecule has 0 aliphatic rings. The lowest BCUT2D eigenvalue weighted by Gasteiger charge is -2.21. The minimum Gasteiger partial charge on any atom is -0.329 e. The van der Waals surface area contributed by atoms with Gasteiger partial charge in [-0.15, -0.1) is 0 Å². The maximum atomic E-state index is 11.8. The third kappa shape index (κ3) is 6.82. The first-order chi connectivity index (χ1) is 6.76. The molecular formula is C9H15F3N2O. The van der Waals surface area contributed by atoms with Crippen LogP contribution >= 0.6 is 0 Å². The molecule has 3 nitrogen and oxygen atoms in total. The van der Waals surface area contributed by atoms with Crippen molar-refractivity contribution < 1.29 is 18.0 Å². The highest BCUT2D eigenvalue weighted by atomic mass is 19.4. The normalized spacial score (nSPS) is 11.0. The molecule has 0 aliphatic carbocycles. The van der Waals surface area contributed by atoms with E-state index in [1.807, 2.05) is 0 Å². The van der Waals surface area contributed by atoms with Crippen LogP contribution in [0.3, 0.4) is 0 Å². The number of hydrogen-bond acceptors (Lipinski definition) is 1. The molecule has 0 aromatic carbocycles. The van der Waals surface area contributed by atoms with E-state index in [1.54, 1.807) is 19.2 Å². The predicted octanol–water partition coefficient (Wildman–Crippen LogP) is 2.16. The van der Waals surface area contributed by atoms with Gasteiger partial charge in [-0.3, -0.25) is 0 Å². The molecule has 15 heavy (non-hydrogen) atoms. The van der Waals surface area contributed by atoms with Crippen molar-refractivity contribution >= 4 is 6.03 Å². The van der Waals surface area contributed by atoms with Crippen LogP contribution in [-0.4, -0.2) is 36.7 Å². The van der Waals surface area contributed by atoms with E-state index in [1.165, 1.54) is 4.90 Å². The molecule has 0 heterocycles. The van der Waals surface area contributed by atoms with Gasteiger partial charge >= 0.3 is 12.2 Å². The Balaban J connectivity index is 4.11. The smallest absolute Gasteiger partial charge is 0.329 e. The number of halogens is 3. The number of hydrogen-bond donors (Lipinski definition) is 1. The molecule has 0 atom stereocenters. The number of carbonyl (C=O) groups excluding carboxylic acids is 1. The van der Waals surface area contributed by atoms with Gasteiger partial charge in [0, 0.05) is 13.1 Å². The van der Waals surface area contributed by atoms with Crippen LogP contribution in [0.2, 0.25) is 0 Å². The van der Waals surface area contributed by atoms with Crippen molar-refractivity contribution in [2.45, 2.75) is 20.0 Å². The molecule has 0 aromatic heterocycles. The highest BCUT2D eigenvalue weighted by Gasteiger charge is 2.28. The molecule has 88 valence electrons. The molecule has 0 aromatic rings. The second kappa shape index (κ2) is 5.63. The Kier molecular flexibility index (Phi) is 5.18. The lowest BCUT2D eigenvalue weighted by Crippen LogP contribution is -2.44. The fraction of sp³-hybridized carbons (Fsp3) is 0.667. The second-order valence-corrected chi connectivity index (χ2v) is 3.25. The fourth-order valence-electron chi connectivity index (χ4n) is 0.941. The lowest BCUT2D eigenvalue weighted by molar-refractivity contribution is -0.123. The largest absolute Gasteiger partial charge is 0.405 e. The number of amides is 2. The van der Waals surface area contributed by atoms with E-state index in [2.05, 4.69) is 6.58 Å². The average Bonchev–Trinajstić information content (AvgIpc) is 2.08. The van der Waals surface area contributed by atoms with Crippen molar-refractivity contribution in [2.24, 2.45) is 0 Å². The Morgan fingerprint density at radius 1 is 1.47 bits per heavy atom. The number of nitrogens with zero attached hydrogens (tertiary/aromatic N) is 1. The standard InChI is InChI=1S/C9H15F3N2O/c1-4-14(5-7(2)3)8(15)13-6-9(10,11)12/h2,4-6H2,1,3H3,(H,13,15). The van der Waals surface area contributed by atoms with Gasteiger partial charge in [0.25, 0.3) is 0 Å². The number of carbonyl (C=O) groups is 1. The van der Waals surface area contributed by atoms with Crippen LogP contribution in [0.25, 0.3) is 0 Å². The Hall–Kier alpha value is -1.20. The Morgan fingerprint density at radius 3 is 2.33 bits per heavy atom. The lowest BCUT2D eigenvalue weighted by atomic mass is 10.3. The van der Waals surface area contributed by atoms with E-state index >= 15 is 0 Å². The maximum absolute atomic E-state index is 11.8. The first kappa shape index (κ1) is 13.8. The minimum absolute atomic E-state index is 0.264. The van der Waals surface area contributed by atoms with E-state index in [9.17, 15) is 18.0 Å². The molecule has 0 saturated carbocycles. The summed E-state index contributed by atoms with van der Waals surface area (Å²) in [7, 11) is 0. The number of nitrogens with one attached hydrogen (secondary N) is 1. The Morgan fingerprint density at radius 2 is 2.00 bits per heavy atom. The minimum atomic E-state index is -4.38. The number of rotatable bonds is 4. The third-order valence-corrected chi connectivity index (χ3v) is 1.57. The average molecular weight is 224 g/mol. The summed E-state index contributed by atoms with van der Waals surface area (Å²) in [5, 5.41) is 1.80. The van der Waals surface area contributed by atoms with Gasteiger partial charge in [0.2, 0.25) is 0 Å². The summed E-state index contributed by atoms with van der Waals surface area (Å²) < 4.78 is 35.4. The van der Waals surface area contributed by atoms with Gasteiger partial charge in [0.05, 0.1) is 0 Å². The van der Waals surface area contributed by atoms with Crippen LogP contribution in [0, 0.1) is 0 Å². The van der Waals surface area contributed by atoms with Gasteiger partial charge in [-0.25, -0.2) is 4.79 Å². The molecule has 0 spiro atoms. The van der Waals surface area contributed by atoms with E-state index in [4.69, 9.17) is 0 Å². The molecular weight excluding hydrogens is 209 g/mol. The topological polar surface area (TPSA) is 32.3 Å². The molecule has 1 N–H and O–H groups in total. The summed E-state index contributed by atoms with van der Waals surface area (Å²) in [5.74, 6) is 0. The summed E-state index contributed by atoms with van der Waals surface area (Å²) in [6, 6.07) is -0.724. The van der Waals surface area contributed by atoms with E-state index < -0.39 is 18.8 Å². The molecule has 0 unspecified atom stereocenters. The van der Waals surface area contributed by atoms with Crippen molar-refractivity contribution in [1.82, 2.24) is 10.2 Å². The van der Waals surface area contributed by atoms with Crippen molar-refractivity contribution in [1.29, 1.82) is 0 Å². The van der Waals surface area contributed by atoms with Gasteiger partial charge in [0.15, 0.2) is 0 Å². The van der Waals surface area contributed by atoms with Gasteiger partial charge in [-0.1, -0.05) is 12.2 Å². The zero-order chi connectivity index (χ0) is 12.1. The summed E-state index contributed by atoms with van der Waals surface area (Å²) in [5.41, 5.74) is 0.721. The van der Waals surface area contributed by atoms with Gasteiger partial charge < -0.3 is 10.2 Å². The SMILES string of the molecule is C=C(C)CN(CC)C(=O)NCC(F)(F)F. The number of likely N-dealkylation sites (N-methyl/N-ethyl adjacent to an activating group) is 1. The first-order valence-electron chi connectivity index (χ1n) is 4.50. The van der Waals surface area contributed by atoms with Crippen LogP contribution in [0.5, 0.6) is 0 Å². The summed E-state index contributed by atoms with van der Waals surface area (Å²) in [6.45, 7) is 6.29. The maximum Gasteiger partial charge on any atom is 0.405 e. The van der Waals surface area contributed by atoms with Crippen molar-refractivity contribution in [2.75, 3.05) is 19.6 Å². The number of urea groups is 1. The zero-order valence-electron chi connectivity index (χ0n) is 8.82. The fourth-order valence-corrected chi connectivity index (χ4v) is 0.941. The first-order valence-corrected chi connectivity index (χ1v) is 4.50. The van der Waals surface area contributed by atoms with Gasteiger partial charge in [0.1, 0.15) is 6.54 Å². The van der Waals surface area contributed by atoms with E-state index in [-0.39, 0.29) is 6.54 Å². The third-order valence-electron chi connectivity index (χ3n) is 1.57. The summed E-state index contributed by atoms with van der Waals surface area (Å²) >= 11 is 0. The van der Waals surface area contributed by atoms with Crippen molar-refractivity contribution in [3.63, 3.8) is 0 Å². The molecule has 0 bridgehead atoms. The highest BCUT2D eigenvalue weighted by molar-refractivity contribution is 5.74. The van der Waals surface area contributed by atoms with Gasteiger partial charge in [-0.05, 0) is 13.8 Å². The quantitative estimate of drug-likeness (QED) is 0.729. The van der Waals surface area contributed by atoms with Crippen LogP contribution in [-0.2, 0) is 0 Å². The molecule has 0 rings (SSSR count). The zero-order valence-corrected chi connectivity index (χ0v) is 8.82. The van der Waals surface area contributed by atoms with Crippen molar-refractivity contribution in [3.05, 3.63) is 12.2 Å². The summed E-state index contributed by atoms with van der Waals surface area (Å²) in [4.78, 5) is 12.5. The molecule has 0 aliphatic heterocycles. The Labute approximate surface area is 86.9 Å². The van der Waals surface area contributed by atoms with Gasteiger partial charge in [-0.2, -0.15) is 13.2 Å². The monoisotopic (exact) mass is 224 g/mol. The second-order valence-electron chi connectivity index (χ2n) is 3.25. The molecule has 6 heteroatoms. The predicted molar refractivity (Wildman–Crippen MR) is 51.5 cm³/mol. The number of alkyl halides is 3. The van der Waals surface area contributed by atoms with Crippen molar-refractivity contribution in [3.8, 4) is 0 Å². The molecule has 0 saturated heterocycles. The Bertz CT molecular complexity index is 238. The molecule has 0 radical (unpaired) electrons.